The predicted molar refractivity (Wildman–Crippen MR) is 191 cm³/mol. The summed E-state index contributed by atoms with van der Waals surface area (Å²) in [5.74, 6) is 3.00. The van der Waals surface area contributed by atoms with Gasteiger partial charge in [0.15, 0.2) is 23.0 Å². The molecule has 0 radical (unpaired) electrons. The van der Waals surface area contributed by atoms with Crippen molar-refractivity contribution in [1.29, 1.82) is 0 Å². The lowest BCUT2D eigenvalue weighted by Crippen LogP contribution is -2.26. The summed E-state index contributed by atoms with van der Waals surface area (Å²) in [6.07, 6.45) is 0. The molecule has 6 heteroatoms. The van der Waals surface area contributed by atoms with Crippen LogP contribution in [0.2, 0.25) is 0 Å². The van der Waals surface area contributed by atoms with Gasteiger partial charge < -0.3 is 18.9 Å². The molecule has 0 spiro atoms. The molecule has 0 saturated heterocycles. The Morgan fingerprint density at radius 3 is 1.15 bits per heavy atom. The van der Waals surface area contributed by atoms with Crippen LogP contribution in [-0.2, 0) is 0 Å². The van der Waals surface area contributed by atoms with E-state index in [1.54, 1.807) is 0 Å². The molecular formula is C40H32O4P2. The average Bonchev–Trinajstić information content (AvgIpc) is 3.78. The molecular weight excluding hydrogens is 606 g/mol. The van der Waals surface area contributed by atoms with Crippen LogP contribution < -0.4 is 50.8 Å². The van der Waals surface area contributed by atoms with Crippen molar-refractivity contribution in [2.24, 2.45) is 0 Å². The third kappa shape index (κ3) is 5.22. The SMILES string of the molecule is Cc1ccc(P(c2ccccc2)c2ccc3c(c2-c2c(P(c4ccccc4)c4ccc(C)cc4)ccc4c2OCO4)OCO3)cc1. The Labute approximate surface area is 272 Å². The van der Waals surface area contributed by atoms with Crippen LogP contribution in [0.25, 0.3) is 11.1 Å². The molecule has 2 aliphatic heterocycles. The van der Waals surface area contributed by atoms with Crippen molar-refractivity contribution >= 4 is 47.7 Å². The fourth-order valence-electron chi connectivity index (χ4n) is 6.18. The first kappa shape index (κ1) is 28.8. The third-order valence-electron chi connectivity index (χ3n) is 8.38. The zero-order valence-electron chi connectivity index (χ0n) is 25.6. The summed E-state index contributed by atoms with van der Waals surface area (Å²) < 4.78 is 24.9. The van der Waals surface area contributed by atoms with Crippen LogP contribution in [0.5, 0.6) is 23.0 Å². The van der Waals surface area contributed by atoms with E-state index < -0.39 is 15.8 Å². The first-order chi connectivity index (χ1) is 22.7. The molecule has 0 aliphatic carbocycles. The maximum absolute atomic E-state index is 6.39. The normalized spacial score (nSPS) is 14.2. The van der Waals surface area contributed by atoms with Crippen molar-refractivity contribution in [1.82, 2.24) is 0 Å². The standard InChI is InChI=1S/C40H32O4P2/c1-27-13-17-31(18-14-27)45(29-9-5-3-6-10-29)35-23-21-33-39(43-25-41-33)37(35)38-36(24-22-34-40(38)44-26-42-34)46(30-11-7-4-8-12-30)32-19-15-28(2)16-20-32/h3-24H,25-26H2,1-2H3. The fraction of sp³-hybridized carbons (Fsp3) is 0.100. The van der Waals surface area contributed by atoms with Crippen LogP contribution in [0, 0.1) is 13.8 Å². The smallest absolute Gasteiger partial charge is 0.231 e. The molecule has 0 aromatic heterocycles. The number of hydrogen-bond donors (Lipinski definition) is 0. The predicted octanol–water partition coefficient (Wildman–Crippen LogP) is 6.94. The van der Waals surface area contributed by atoms with E-state index in [1.165, 1.54) is 43.0 Å². The van der Waals surface area contributed by atoms with Gasteiger partial charge in [0.2, 0.25) is 13.6 Å². The van der Waals surface area contributed by atoms with E-state index in [9.17, 15) is 0 Å². The lowest BCUT2D eigenvalue weighted by molar-refractivity contribution is 0.173. The molecule has 46 heavy (non-hydrogen) atoms. The number of rotatable bonds is 7. The second-order valence-corrected chi connectivity index (χ2v) is 15.8. The van der Waals surface area contributed by atoms with E-state index in [2.05, 4.69) is 147 Å². The number of aryl methyl sites for hydroxylation is 2. The lowest BCUT2D eigenvalue weighted by Gasteiger charge is -2.27. The van der Waals surface area contributed by atoms with Gasteiger partial charge in [-0.05, 0) is 85.8 Å². The van der Waals surface area contributed by atoms with Gasteiger partial charge in [-0.1, -0.05) is 120 Å². The van der Waals surface area contributed by atoms with Gasteiger partial charge in [0.25, 0.3) is 0 Å². The Hall–Kier alpha value is -4.62. The monoisotopic (exact) mass is 638 g/mol. The van der Waals surface area contributed by atoms with Gasteiger partial charge in [-0.15, -0.1) is 0 Å². The average molecular weight is 639 g/mol. The van der Waals surface area contributed by atoms with E-state index in [-0.39, 0.29) is 13.6 Å². The van der Waals surface area contributed by atoms with Gasteiger partial charge in [-0.2, -0.15) is 0 Å². The topological polar surface area (TPSA) is 36.9 Å². The second-order valence-electron chi connectivity index (χ2n) is 11.4. The molecule has 0 fully saturated rings. The molecule has 2 unspecified atom stereocenters. The molecule has 0 saturated carbocycles. The van der Waals surface area contributed by atoms with Crippen molar-refractivity contribution in [3.05, 3.63) is 145 Å². The molecule has 226 valence electrons. The van der Waals surface area contributed by atoms with Gasteiger partial charge in [-0.3, -0.25) is 0 Å². The summed E-state index contributed by atoms with van der Waals surface area (Å²) in [7, 11) is -1.97. The van der Waals surface area contributed by atoms with Crippen molar-refractivity contribution in [2.75, 3.05) is 13.6 Å². The highest BCUT2D eigenvalue weighted by atomic mass is 31.1. The van der Waals surface area contributed by atoms with Crippen LogP contribution in [0.15, 0.2) is 133 Å². The number of ether oxygens (including phenoxy) is 4. The highest BCUT2D eigenvalue weighted by Gasteiger charge is 2.35. The van der Waals surface area contributed by atoms with Gasteiger partial charge >= 0.3 is 0 Å². The summed E-state index contributed by atoms with van der Waals surface area (Å²) in [5.41, 5.74) is 4.49. The Balaban J connectivity index is 1.46. The van der Waals surface area contributed by atoms with E-state index in [4.69, 9.17) is 18.9 Å². The molecule has 0 amide bonds. The lowest BCUT2D eigenvalue weighted by atomic mass is 10.0. The van der Waals surface area contributed by atoms with E-state index in [0.29, 0.717) is 0 Å². The first-order valence-corrected chi connectivity index (χ1v) is 18.0. The highest BCUT2D eigenvalue weighted by Crippen LogP contribution is 2.53. The van der Waals surface area contributed by atoms with E-state index >= 15 is 0 Å². The first-order valence-electron chi connectivity index (χ1n) is 15.3. The molecule has 0 bridgehead atoms. The highest BCUT2D eigenvalue weighted by molar-refractivity contribution is 7.80. The maximum Gasteiger partial charge on any atom is 0.231 e. The number of benzene rings is 6. The molecule has 0 N–H and O–H groups in total. The summed E-state index contributed by atoms with van der Waals surface area (Å²) >= 11 is 0. The quantitative estimate of drug-likeness (QED) is 0.178. The minimum atomic E-state index is -0.985. The molecule has 2 heterocycles. The second kappa shape index (κ2) is 12.3. The van der Waals surface area contributed by atoms with Crippen molar-refractivity contribution < 1.29 is 18.9 Å². The van der Waals surface area contributed by atoms with Crippen molar-refractivity contribution in [3.8, 4) is 34.1 Å². The number of fused-ring (bicyclic) bond motifs is 2. The Bertz CT molecular complexity index is 1860. The molecule has 4 nitrogen and oxygen atoms in total. The summed E-state index contributed by atoms with van der Waals surface area (Å²) in [4.78, 5) is 0. The number of hydrogen-bond acceptors (Lipinski definition) is 4. The van der Waals surface area contributed by atoms with Crippen LogP contribution in [-0.4, -0.2) is 13.6 Å². The molecule has 6 aromatic carbocycles. The minimum absolute atomic E-state index is 0.173. The molecule has 2 atom stereocenters. The Morgan fingerprint density at radius 2 is 0.761 bits per heavy atom. The van der Waals surface area contributed by atoms with Crippen LogP contribution in [0.3, 0.4) is 0 Å². The summed E-state index contributed by atoms with van der Waals surface area (Å²) in [5, 5.41) is 7.43. The zero-order chi connectivity index (χ0) is 31.0. The fourth-order valence-corrected chi connectivity index (χ4v) is 11.0. The van der Waals surface area contributed by atoms with Gasteiger partial charge in [0, 0.05) is 11.1 Å². The minimum Gasteiger partial charge on any atom is -0.454 e. The van der Waals surface area contributed by atoms with Crippen LogP contribution in [0.4, 0.5) is 0 Å². The molecule has 6 aromatic rings. The maximum atomic E-state index is 6.39. The molecule has 2 aliphatic rings. The van der Waals surface area contributed by atoms with E-state index in [1.807, 2.05) is 0 Å². The van der Waals surface area contributed by atoms with Crippen molar-refractivity contribution in [2.45, 2.75) is 13.8 Å². The van der Waals surface area contributed by atoms with Crippen LogP contribution >= 0.6 is 15.8 Å². The summed E-state index contributed by atoms with van der Waals surface area (Å²) in [6, 6.07) is 48.1. The zero-order valence-corrected chi connectivity index (χ0v) is 27.4. The van der Waals surface area contributed by atoms with Crippen LogP contribution in [0.1, 0.15) is 11.1 Å². The van der Waals surface area contributed by atoms with Crippen molar-refractivity contribution in [3.63, 3.8) is 0 Å². The van der Waals surface area contributed by atoms with Gasteiger partial charge in [-0.25, -0.2) is 0 Å². The Kier molecular flexibility index (Phi) is 7.70. The third-order valence-corrected chi connectivity index (χ3v) is 13.3. The Morgan fingerprint density at radius 1 is 0.391 bits per heavy atom. The molecule has 8 rings (SSSR count). The summed E-state index contributed by atoms with van der Waals surface area (Å²) in [6.45, 7) is 4.61. The van der Waals surface area contributed by atoms with E-state index in [0.717, 1.165) is 34.1 Å². The van der Waals surface area contributed by atoms with Gasteiger partial charge in [0.1, 0.15) is 0 Å². The largest absolute Gasteiger partial charge is 0.454 e. The van der Waals surface area contributed by atoms with Gasteiger partial charge in [0.05, 0.1) is 0 Å².